The number of piperazine rings is 1. The molecule has 27 heavy (non-hydrogen) atoms. The van der Waals surface area contributed by atoms with Gasteiger partial charge in [-0.2, -0.15) is 5.10 Å². The summed E-state index contributed by atoms with van der Waals surface area (Å²) >= 11 is 0. The van der Waals surface area contributed by atoms with E-state index >= 15 is 0 Å². The smallest absolute Gasteiger partial charge is 0.227 e. The summed E-state index contributed by atoms with van der Waals surface area (Å²) in [7, 11) is 0. The van der Waals surface area contributed by atoms with Crippen LogP contribution >= 0.6 is 0 Å². The van der Waals surface area contributed by atoms with Gasteiger partial charge >= 0.3 is 0 Å². The van der Waals surface area contributed by atoms with Gasteiger partial charge in [0.05, 0.1) is 12.1 Å². The topological polar surface area (TPSA) is 49.3 Å². The molecule has 5 nitrogen and oxygen atoms in total. The Morgan fingerprint density at radius 1 is 1.07 bits per heavy atom. The number of halogens is 2. The minimum Gasteiger partial charge on any atom is -0.352 e. The van der Waals surface area contributed by atoms with Crippen molar-refractivity contribution in [2.75, 3.05) is 31.1 Å². The number of hydrogen-bond acceptors (Lipinski definition) is 4. The Balaban J connectivity index is 1.36. The number of aryl methyl sites for hydroxylation is 1. The Hall–Kier alpha value is -2.57. The molecular weight excluding hydrogens is 350 g/mol. The summed E-state index contributed by atoms with van der Waals surface area (Å²) in [5.41, 5.74) is 1.44. The average Bonchev–Trinajstić information content (AvgIpc) is 3.47. The molecule has 0 atom stereocenters. The fraction of sp³-hybridized carbons (Fsp3) is 0.450. The maximum Gasteiger partial charge on any atom is 0.227 e. The summed E-state index contributed by atoms with van der Waals surface area (Å²) in [5.74, 6) is -0.353. The fourth-order valence-electron chi connectivity index (χ4n) is 3.53. The van der Waals surface area contributed by atoms with Crippen molar-refractivity contribution in [3.05, 3.63) is 52.7 Å². The van der Waals surface area contributed by atoms with E-state index in [1.807, 2.05) is 19.1 Å². The van der Waals surface area contributed by atoms with Crippen LogP contribution in [0.2, 0.25) is 0 Å². The number of carbonyl (C=O) groups is 1. The predicted octanol–water partition coefficient (Wildman–Crippen LogP) is 2.83. The normalized spacial score (nSPS) is 17.3. The molecular formula is C20H22F2N4O. The Bertz CT molecular complexity index is 821. The van der Waals surface area contributed by atoms with Gasteiger partial charge < -0.3 is 9.80 Å². The summed E-state index contributed by atoms with van der Waals surface area (Å²) in [4.78, 5) is 16.4. The molecule has 1 aromatic heterocycles. The molecule has 142 valence electrons. The minimum absolute atomic E-state index is 0.00713. The molecule has 1 aliphatic heterocycles. The third kappa shape index (κ3) is 3.91. The summed E-state index contributed by atoms with van der Waals surface area (Å²) in [6.45, 7) is 4.31. The predicted molar refractivity (Wildman–Crippen MR) is 97.6 cm³/mol. The van der Waals surface area contributed by atoms with Gasteiger partial charge in [0.1, 0.15) is 11.6 Å². The first-order valence-corrected chi connectivity index (χ1v) is 9.32. The van der Waals surface area contributed by atoms with Gasteiger partial charge in [-0.15, -0.1) is 5.10 Å². The van der Waals surface area contributed by atoms with E-state index in [0.717, 1.165) is 24.4 Å². The van der Waals surface area contributed by atoms with Crippen molar-refractivity contribution < 1.29 is 13.6 Å². The molecule has 4 rings (SSSR count). The minimum atomic E-state index is -0.525. The molecule has 0 bridgehead atoms. The molecule has 0 N–H and O–H groups in total. The number of amides is 1. The average molecular weight is 372 g/mol. The van der Waals surface area contributed by atoms with Gasteiger partial charge in [0.15, 0.2) is 5.82 Å². The highest BCUT2D eigenvalue weighted by Gasteiger charge is 2.30. The van der Waals surface area contributed by atoms with E-state index in [1.165, 1.54) is 12.1 Å². The van der Waals surface area contributed by atoms with Crippen molar-refractivity contribution in [1.29, 1.82) is 0 Å². The van der Waals surface area contributed by atoms with Gasteiger partial charge in [-0.3, -0.25) is 4.79 Å². The van der Waals surface area contributed by atoms with Gasteiger partial charge in [0.2, 0.25) is 5.91 Å². The van der Waals surface area contributed by atoms with Crippen molar-refractivity contribution in [2.24, 2.45) is 0 Å². The van der Waals surface area contributed by atoms with Crippen molar-refractivity contribution in [2.45, 2.75) is 32.1 Å². The van der Waals surface area contributed by atoms with E-state index < -0.39 is 11.6 Å². The van der Waals surface area contributed by atoms with E-state index in [4.69, 9.17) is 0 Å². The van der Waals surface area contributed by atoms with Crippen LogP contribution < -0.4 is 4.90 Å². The second-order valence-corrected chi connectivity index (χ2v) is 7.32. The maximum absolute atomic E-state index is 14.2. The lowest BCUT2D eigenvalue weighted by atomic mass is 10.0. The standard InChI is InChI=1S/C20H22F2N4O/c1-13-2-5-18(24-23-13)25-6-8-26(9-7-25)19(27)12-14-10-16(21)20(15-3-4-15)17(22)11-14/h2,5,10-11,15H,3-4,6-9,12H2,1H3. The maximum atomic E-state index is 14.2. The van der Waals surface area contributed by atoms with Crippen molar-refractivity contribution in [3.8, 4) is 0 Å². The summed E-state index contributed by atoms with van der Waals surface area (Å²) in [6, 6.07) is 6.46. The van der Waals surface area contributed by atoms with Crippen molar-refractivity contribution in [1.82, 2.24) is 15.1 Å². The van der Waals surface area contributed by atoms with Crippen LogP contribution in [0.1, 0.15) is 35.6 Å². The van der Waals surface area contributed by atoms with Gasteiger partial charge in [-0.05, 0) is 55.5 Å². The Labute approximate surface area is 157 Å². The van der Waals surface area contributed by atoms with E-state index in [2.05, 4.69) is 15.1 Å². The summed E-state index contributed by atoms with van der Waals surface area (Å²) < 4.78 is 28.4. The number of anilines is 1. The zero-order valence-corrected chi connectivity index (χ0v) is 15.3. The molecule has 1 amide bonds. The van der Waals surface area contributed by atoms with Crippen LogP contribution in [0, 0.1) is 18.6 Å². The molecule has 2 fully saturated rings. The van der Waals surface area contributed by atoms with Crippen LogP contribution in [0.5, 0.6) is 0 Å². The highest BCUT2D eigenvalue weighted by atomic mass is 19.1. The first-order chi connectivity index (χ1) is 13.0. The van der Waals surface area contributed by atoms with Crippen LogP contribution in [-0.4, -0.2) is 47.2 Å². The third-order valence-electron chi connectivity index (χ3n) is 5.22. The third-order valence-corrected chi connectivity index (χ3v) is 5.22. The molecule has 2 heterocycles. The molecule has 2 aromatic rings. The zero-order chi connectivity index (χ0) is 19.0. The number of aromatic nitrogens is 2. The number of nitrogens with zero attached hydrogens (tertiary/aromatic N) is 4. The second-order valence-electron chi connectivity index (χ2n) is 7.32. The number of carbonyl (C=O) groups excluding carboxylic acids is 1. The lowest BCUT2D eigenvalue weighted by molar-refractivity contribution is -0.130. The van der Waals surface area contributed by atoms with Gasteiger partial charge in [-0.25, -0.2) is 8.78 Å². The summed E-state index contributed by atoms with van der Waals surface area (Å²) in [5, 5.41) is 8.24. The number of benzene rings is 1. The molecule has 1 aromatic carbocycles. The van der Waals surface area contributed by atoms with Crippen molar-refractivity contribution >= 4 is 11.7 Å². The van der Waals surface area contributed by atoms with Gasteiger partial charge in [0.25, 0.3) is 0 Å². The lowest BCUT2D eigenvalue weighted by Gasteiger charge is -2.35. The largest absolute Gasteiger partial charge is 0.352 e. The molecule has 1 aliphatic carbocycles. The molecule has 7 heteroatoms. The van der Waals surface area contributed by atoms with E-state index in [-0.39, 0.29) is 23.8 Å². The Kier molecular flexibility index (Phi) is 4.76. The highest BCUT2D eigenvalue weighted by molar-refractivity contribution is 5.79. The SMILES string of the molecule is Cc1ccc(N2CCN(C(=O)Cc3cc(F)c(C4CC4)c(F)c3)CC2)nn1. The first kappa shape index (κ1) is 17.8. The second kappa shape index (κ2) is 7.21. The van der Waals surface area contributed by atoms with E-state index in [1.54, 1.807) is 4.90 Å². The van der Waals surface area contributed by atoms with Gasteiger partial charge in [0, 0.05) is 31.7 Å². The monoisotopic (exact) mass is 372 g/mol. The molecule has 0 spiro atoms. The van der Waals surface area contributed by atoms with Crippen LogP contribution in [0.15, 0.2) is 24.3 Å². The quantitative estimate of drug-likeness (QED) is 0.828. The van der Waals surface area contributed by atoms with E-state index in [9.17, 15) is 13.6 Å². The van der Waals surface area contributed by atoms with Crippen molar-refractivity contribution in [3.63, 3.8) is 0 Å². The van der Waals surface area contributed by atoms with Crippen LogP contribution in [0.4, 0.5) is 14.6 Å². The molecule has 1 saturated carbocycles. The number of rotatable bonds is 4. The lowest BCUT2D eigenvalue weighted by Crippen LogP contribution is -2.49. The Morgan fingerprint density at radius 3 is 2.30 bits per heavy atom. The molecule has 0 radical (unpaired) electrons. The molecule has 1 saturated heterocycles. The number of hydrogen-bond donors (Lipinski definition) is 0. The Morgan fingerprint density at radius 2 is 1.74 bits per heavy atom. The highest BCUT2D eigenvalue weighted by Crippen LogP contribution is 2.42. The zero-order valence-electron chi connectivity index (χ0n) is 15.3. The van der Waals surface area contributed by atoms with Crippen LogP contribution in [0.25, 0.3) is 0 Å². The van der Waals surface area contributed by atoms with Crippen LogP contribution in [0.3, 0.4) is 0 Å². The molecule has 0 unspecified atom stereocenters. The van der Waals surface area contributed by atoms with E-state index in [0.29, 0.717) is 31.7 Å². The summed E-state index contributed by atoms with van der Waals surface area (Å²) in [6.07, 6.45) is 1.69. The first-order valence-electron chi connectivity index (χ1n) is 9.32. The fourth-order valence-corrected chi connectivity index (χ4v) is 3.53. The van der Waals surface area contributed by atoms with Gasteiger partial charge in [-0.1, -0.05) is 0 Å². The van der Waals surface area contributed by atoms with Crippen LogP contribution in [-0.2, 0) is 11.2 Å². The molecule has 2 aliphatic rings.